The largest absolute Gasteiger partial charge is 0.508 e. The molecule has 20 heavy (non-hydrogen) atoms. The van der Waals surface area contributed by atoms with Gasteiger partial charge in [0.2, 0.25) is 5.91 Å². The van der Waals surface area contributed by atoms with Gasteiger partial charge >= 0.3 is 0 Å². The van der Waals surface area contributed by atoms with Crippen molar-refractivity contribution in [3.05, 3.63) is 59.2 Å². The molecule has 5 nitrogen and oxygen atoms in total. The summed E-state index contributed by atoms with van der Waals surface area (Å²) >= 11 is 0. The Morgan fingerprint density at radius 3 is 2.55 bits per heavy atom. The number of anilines is 1. The quantitative estimate of drug-likeness (QED) is 0.797. The molecule has 0 saturated carbocycles. The van der Waals surface area contributed by atoms with Crippen LogP contribution in [0.4, 0.5) is 5.69 Å². The third kappa shape index (κ3) is 2.77. The molecule has 0 bridgehead atoms. The number of rotatable bonds is 3. The second-order valence-corrected chi connectivity index (χ2v) is 4.35. The fraction of sp³-hybridized carbons (Fsp3) is 0.0667. The van der Waals surface area contributed by atoms with Crippen LogP contribution in [-0.2, 0) is 0 Å². The molecule has 0 aliphatic heterocycles. The minimum Gasteiger partial charge on any atom is -0.508 e. The van der Waals surface area contributed by atoms with Gasteiger partial charge in [-0.15, -0.1) is 0 Å². The molecule has 5 heteroatoms. The summed E-state index contributed by atoms with van der Waals surface area (Å²) in [4.78, 5) is 23.2. The molecule has 2 aromatic carbocycles. The zero-order valence-electron chi connectivity index (χ0n) is 10.9. The maximum Gasteiger partial charge on any atom is 0.256 e. The number of hydrogen-bond donors (Lipinski definition) is 3. The van der Waals surface area contributed by atoms with Crippen LogP contribution in [0.1, 0.15) is 26.3 Å². The van der Waals surface area contributed by atoms with Gasteiger partial charge in [-0.05, 0) is 37.3 Å². The van der Waals surface area contributed by atoms with E-state index in [-0.39, 0.29) is 11.7 Å². The van der Waals surface area contributed by atoms with Crippen molar-refractivity contribution in [2.75, 3.05) is 5.32 Å². The summed E-state index contributed by atoms with van der Waals surface area (Å²) in [5, 5.41) is 12.3. The first kappa shape index (κ1) is 13.6. The van der Waals surface area contributed by atoms with Crippen LogP contribution in [0.2, 0.25) is 0 Å². The first-order valence-corrected chi connectivity index (χ1v) is 5.99. The lowest BCUT2D eigenvalue weighted by Crippen LogP contribution is -2.15. The summed E-state index contributed by atoms with van der Waals surface area (Å²) < 4.78 is 0. The standard InChI is InChI=1S/C15H14N2O3/c1-9-12(6-3-7-13(9)18)15(20)17-11-5-2-4-10(8-11)14(16)19/h2-8,18H,1H3,(H2,16,19)(H,17,20). The van der Waals surface area contributed by atoms with Gasteiger partial charge in [-0.3, -0.25) is 9.59 Å². The Morgan fingerprint density at radius 1 is 1.15 bits per heavy atom. The maximum atomic E-state index is 12.1. The van der Waals surface area contributed by atoms with Gasteiger partial charge < -0.3 is 16.2 Å². The van der Waals surface area contributed by atoms with Crippen LogP contribution in [0.15, 0.2) is 42.5 Å². The molecule has 2 rings (SSSR count). The molecule has 0 spiro atoms. The first-order chi connectivity index (χ1) is 9.49. The van der Waals surface area contributed by atoms with Crippen molar-refractivity contribution in [3.8, 4) is 5.75 Å². The van der Waals surface area contributed by atoms with Gasteiger partial charge in [-0.25, -0.2) is 0 Å². The van der Waals surface area contributed by atoms with Gasteiger partial charge in [0.1, 0.15) is 5.75 Å². The Bertz CT molecular complexity index is 681. The molecular weight excluding hydrogens is 256 g/mol. The van der Waals surface area contributed by atoms with Crippen LogP contribution in [0.5, 0.6) is 5.75 Å². The number of carbonyl (C=O) groups is 2. The van der Waals surface area contributed by atoms with Crippen molar-refractivity contribution in [2.45, 2.75) is 6.92 Å². The van der Waals surface area contributed by atoms with Gasteiger partial charge in [0.05, 0.1) is 0 Å². The van der Waals surface area contributed by atoms with Crippen LogP contribution in [0.25, 0.3) is 0 Å². The summed E-state index contributed by atoms with van der Waals surface area (Å²) in [6.07, 6.45) is 0. The summed E-state index contributed by atoms with van der Waals surface area (Å²) in [5.41, 5.74) is 6.83. The van der Waals surface area contributed by atoms with Crippen molar-refractivity contribution < 1.29 is 14.7 Å². The molecule has 0 fully saturated rings. The molecule has 0 heterocycles. The average molecular weight is 270 g/mol. The minimum absolute atomic E-state index is 0.0588. The molecule has 0 saturated heterocycles. The fourth-order valence-electron chi connectivity index (χ4n) is 1.82. The predicted octanol–water partition coefficient (Wildman–Crippen LogP) is 2.05. The van der Waals surface area contributed by atoms with Crippen LogP contribution >= 0.6 is 0 Å². The highest BCUT2D eigenvalue weighted by Gasteiger charge is 2.12. The fourth-order valence-corrected chi connectivity index (χ4v) is 1.82. The molecule has 0 aromatic heterocycles. The van der Waals surface area contributed by atoms with Crippen molar-refractivity contribution in [1.29, 1.82) is 0 Å². The number of amides is 2. The number of hydrogen-bond acceptors (Lipinski definition) is 3. The molecule has 0 aliphatic rings. The van der Waals surface area contributed by atoms with E-state index in [9.17, 15) is 14.7 Å². The van der Waals surface area contributed by atoms with E-state index in [1.807, 2.05) is 0 Å². The average Bonchev–Trinajstić information content (AvgIpc) is 2.42. The number of nitrogens with two attached hydrogens (primary N) is 1. The number of aromatic hydroxyl groups is 1. The SMILES string of the molecule is Cc1c(O)cccc1C(=O)Nc1cccc(C(N)=O)c1. The van der Waals surface area contributed by atoms with E-state index < -0.39 is 5.91 Å². The summed E-state index contributed by atoms with van der Waals surface area (Å²) in [5.74, 6) is -0.863. The molecule has 4 N–H and O–H groups in total. The number of carbonyl (C=O) groups excluding carboxylic acids is 2. The van der Waals surface area contributed by atoms with E-state index in [4.69, 9.17) is 5.73 Å². The van der Waals surface area contributed by atoms with Crippen molar-refractivity contribution >= 4 is 17.5 Å². The lowest BCUT2D eigenvalue weighted by molar-refractivity contribution is 0.0996. The van der Waals surface area contributed by atoms with Gasteiger partial charge in [0, 0.05) is 22.4 Å². The molecule has 0 unspecified atom stereocenters. The van der Waals surface area contributed by atoms with Gasteiger partial charge in [-0.2, -0.15) is 0 Å². The van der Waals surface area contributed by atoms with E-state index in [0.717, 1.165) is 0 Å². The van der Waals surface area contributed by atoms with E-state index in [0.29, 0.717) is 22.4 Å². The number of phenolic OH excluding ortho intramolecular Hbond substituents is 1. The molecule has 0 atom stereocenters. The number of nitrogens with one attached hydrogen (secondary N) is 1. The number of primary amides is 1. The normalized spacial score (nSPS) is 10.1. The first-order valence-electron chi connectivity index (χ1n) is 5.99. The highest BCUT2D eigenvalue weighted by Crippen LogP contribution is 2.21. The number of benzene rings is 2. The minimum atomic E-state index is -0.561. The molecule has 102 valence electrons. The monoisotopic (exact) mass is 270 g/mol. The lowest BCUT2D eigenvalue weighted by atomic mass is 10.1. The Hall–Kier alpha value is -2.82. The second kappa shape index (κ2) is 5.44. The van der Waals surface area contributed by atoms with Gasteiger partial charge in [0.25, 0.3) is 5.91 Å². The smallest absolute Gasteiger partial charge is 0.256 e. The summed E-state index contributed by atoms with van der Waals surface area (Å²) in [6, 6.07) is 11.1. The molecule has 0 aliphatic carbocycles. The van der Waals surface area contributed by atoms with Crippen molar-refractivity contribution in [1.82, 2.24) is 0 Å². The molecule has 2 amide bonds. The van der Waals surface area contributed by atoms with Gasteiger partial charge in [0.15, 0.2) is 0 Å². The van der Waals surface area contributed by atoms with E-state index in [1.54, 1.807) is 37.3 Å². The third-order valence-electron chi connectivity index (χ3n) is 2.95. The summed E-state index contributed by atoms with van der Waals surface area (Å²) in [7, 11) is 0. The van der Waals surface area contributed by atoms with Crippen LogP contribution in [0.3, 0.4) is 0 Å². The third-order valence-corrected chi connectivity index (χ3v) is 2.95. The van der Waals surface area contributed by atoms with Gasteiger partial charge in [-0.1, -0.05) is 12.1 Å². The Morgan fingerprint density at radius 2 is 1.85 bits per heavy atom. The van der Waals surface area contributed by atoms with E-state index >= 15 is 0 Å². The van der Waals surface area contributed by atoms with Crippen molar-refractivity contribution in [3.63, 3.8) is 0 Å². The van der Waals surface area contributed by atoms with Crippen LogP contribution < -0.4 is 11.1 Å². The van der Waals surface area contributed by atoms with E-state index in [2.05, 4.69) is 5.32 Å². The maximum absolute atomic E-state index is 12.1. The second-order valence-electron chi connectivity index (χ2n) is 4.35. The van der Waals surface area contributed by atoms with Crippen LogP contribution in [0, 0.1) is 6.92 Å². The molecular formula is C15H14N2O3. The Kier molecular flexibility index (Phi) is 3.70. The Labute approximate surface area is 116 Å². The highest BCUT2D eigenvalue weighted by atomic mass is 16.3. The van der Waals surface area contributed by atoms with E-state index in [1.165, 1.54) is 12.1 Å². The zero-order chi connectivity index (χ0) is 14.7. The number of phenols is 1. The highest BCUT2D eigenvalue weighted by molar-refractivity contribution is 6.06. The lowest BCUT2D eigenvalue weighted by Gasteiger charge is -2.09. The summed E-state index contributed by atoms with van der Waals surface area (Å²) in [6.45, 7) is 1.66. The van der Waals surface area contributed by atoms with Crippen molar-refractivity contribution in [2.24, 2.45) is 5.73 Å². The van der Waals surface area contributed by atoms with Crippen LogP contribution in [-0.4, -0.2) is 16.9 Å². The molecule has 0 radical (unpaired) electrons. The predicted molar refractivity (Wildman–Crippen MR) is 75.8 cm³/mol. The topological polar surface area (TPSA) is 92.4 Å². The molecule has 2 aromatic rings. The zero-order valence-corrected chi connectivity index (χ0v) is 10.9. The Balaban J connectivity index is 2.26.